The lowest BCUT2D eigenvalue weighted by Gasteiger charge is -2.15. The molecule has 1 aliphatic rings. The molecule has 0 radical (unpaired) electrons. The number of aryl methyl sites for hydroxylation is 4. The van der Waals surface area contributed by atoms with E-state index in [0.29, 0.717) is 11.5 Å². The molecule has 2 aromatic heterocycles. The van der Waals surface area contributed by atoms with Crippen molar-refractivity contribution < 1.29 is 9.32 Å². The van der Waals surface area contributed by atoms with Crippen LogP contribution in [0.4, 0.5) is 0 Å². The molecule has 0 unspecified atom stereocenters. The molecule has 2 N–H and O–H groups in total. The zero-order valence-electron chi connectivity index (χ0n) is 15.1. The predicted molar refractivity (Wildman–Crippen MR) is 97.5 cm³/mol. The van der Waals surface area contributed by atoms with Crippen molar-refractivity contribution in [3.63, 3.8) is 0 Å². The molecule has 2 heterocycles. The van der Waals surface area contributed by atoms with Gasteiger partial charge in [0.2, 0.25) is 11.7 Å². The van der Waals surface area contributed by atoms with Crippen molar-refractivity contribution in [1.82, 2.24) is 19.9 Å². The standard InChI is InChI=1S/C14H16N2O.C5H7N3O/c1-2-13-15-14(16-17-13)12-8-7-10-5-3-4-6-11(10)9-12;1-8-3-4(2-7-8)5(6)9/h7-9H,2-6H2,1H3;2-3H,1H3,(H2,6,9). The summed E-state index contributed by atoms with van der Waals surface area (Å²) in [5.74, 6) is 0.982. The van der Waals surface area contributed by atoms with Crippen molar-refractivity contribution in [3.05, 3.63) is 53.2 Å². The van der Waals surface area contributed by atoms with Gasteiger partial charge in [-0.15, -0.1) is 0 Å². The Hall–Kier alpha value is -2.96. The van der Waals surface area contributed by atoms with Gasteiger partial charge in [0.05, 0.1) is 11.8 Å². The maximum Gasteiger partial charge on any atom is 0.251 e. The van der Waals surface area contributed by atoms with Crippen LogP contribution in [0.2, 0.25) is 0 Å². The lowest BCUT2D eigenvalue weighted by Crippen LogP contribution is -2.09. The second kappa shape index (κ2) is 7.95. The average molecular weight is 353 g/mol. The summed E-state index contributed by atoms with van der Waals surface area (Å²) < 4.78 is 6.68. The number of hydrogen-bond acceptors (Lipinski definition) is 5. The van der Waals surface area contributed by atoms with Gasteiger partial charge in [0.15, 0.2) is 0 Å². The van der Waals surface area contributed by atoms with Crippen molar-refractivity contribution in [2.24, 2.45) is 12.8 Å². The molecule has 7 heteroatoms. The summed E-state index contributed by atoms with van der Waals surface area (Å²) in [7, 11) is 1.73. The van der Waals surface area contributed by atoms with Crippen molar-refractivity contribution in [3.8, 4) is 11.4 Å². The monoisotopic (exact) mass is 353 g/mol. The summed E-state index contributed by atoms with van der Waals surface area (Å²) in [5, 5.41) is 7.77. The number of nitrogens with two attached hydrogens (primary N) is 1. The van der Waals surface area contributed by atoms with Crippen LogP contribution in [0.1, 0.15) is 47.1 Å². The quantitative estimate of drug-likeness (QED) is 0.780. The molecule has 0 spiro atoms. The van der Waals surface area contributed by atoms with Gasteiger partial charge >= 0.3 is 0 Å². The molecule has 3 aromatic rings. The van der Waals surface area contributed by atoms with Crippen LogP contribution in [0.15, 0.2) is 35.1 Å². The maximum atomic E-state index is 10.4. The second-order valence-electron chi connectivity index (χ2n) is 6.32. The number of fused-ring (bicyclic) bond motifs is 1. The molecule has 0 saturated heterocycles. The summed E-state index contributed by atoms with van der Waals surface area (Å²) in [6, 6.07) is 6.54. The van der Waals surface area contributed by atoms with Crippen LogP contribution in [0.25, 0.3) is 11.4 Å². The van der Waals surface area contributed by atoms with Crippen LogP contribution >= 0.6 is 0 Å². The van der Waals surface area contributed by atoms with Gasteiger partial charge in [-0.1, -0.05) is 24.2 Å². The number of rotatable bonds is 3. The molecular formula is C19H23N5O2. The summed E-state index contributed by atoms with van der Waals surface area (Å²) >= 11 is 0. The van der Waals surface area contributed by atoms with E-state index in [1.54, 1.807) is 13.2 Å². The first kappa shape index (κ1) is 17.8. The highest BCUT2D eigenvalue weighted by Crippen LogP contribution is 2.26. The Morgan fingerprint density at radius 2 is 2.04 bits per heavy atom. The van der Waals surface area contributed by atoms with Crippen LogP contribution in [-0.2, 0) is 26.3 Å². The lowest BCUT2D eigenvalue weighted by molar-refractivity contribution is 0.1000. The van der Waals surface area contributed by atoms with Crippen LogP contribution in [0.3, 0.4) is 0 Å². The Labute approximate surface area is 152 Å². The van der Waals surface area contributed by atoms with Gasteiger partial charge in [-0.25, -0.2) is 0 Å². The smallest absolute Gasteiger partial charge is 0.251 e. The predicted octanol–water partition coefficient (Wildman–Crippen LogP) is 2.70. The molecule has 7 nitrogen and oxygen atoms in total. The number of nitrogens with zero attached hydrogens (tertiary/aromatic N) is 4. The van der Waals surface area contributed by atoms with E-state index in [-0.39, 0.29) is 0 Å². The van der Waals surface area contributed by atoms with Gasteiger partial charge in [0.25, 0.3) is 5.91 Å². The Balaban J connectivity index is 0.000000185. The van der Waals surface area contributed by atoms with Crippen molar-refractivity contribution in [2.75, 3.05) is 0 Å². The zero-order chi connectivity index (χ0) is 18.5. The third-order valence-electron chi connectivity index (χ3n) is 4.37. The highest BCUT2D eigenvalue weighted by molar-refractivity contribution is 5.92. The number of benzene rings is 1. The molecule has 0 saturated carbocycles. The second-order valence-corrected chi connectivity index (χ2v) is 6.32. The molecule has 0 atom stereocenters. The van der Waals surface area contributed by atoms with E-state index < -0.39 is 5.91 Å². The normalized spacial score (nSPS) is 12.8. The van der Waals surface area contributed by atoms with E-state index in [0.717, 1.165) is 17.8 Å². The molecular weight excluding hydrogens is 330 g/mol. The molecule has 0 aliphatic heterocycles. The number of hydrogen-bond donors (Lipinski definition) is 1. The Morgan fingerprint density at radius 1 is 1.27 bits per heavy atom. The van der Waals surface area contributed by atoms with Crippen LogP contribution < -0.4 is 5.73 Å². The third-order valence-corrected chi connectivity index (χ3v) is 4.37. The largest absolute Gasteiger partial charge is 0.366 e. The number of primary amides is 1. The fourth-order valence-corrected chi connectivity index (χ4v) is 2.94. The summed E-state index contributed by atoms with van der Waals surface area (Å²) in [6.45, 7) is 2.02. The first-order chi connectivity index (χ1) is 12.6. The SMILES string of the molecule is CCc1nc(-c2ccc3c(c2)CCCC3)no1.Cn1cc(C(N)=O)cn1. The van der Waals surface area contributed by atoms with Crippen molar-refractivity contribution in [2.45, 2.75) is 39.0 Å². The highest BCUT2D eigenvalue weighted by atomic mass is 16.5. The first-order valence-corrected chi connectivity index (χ1v) is 8.80. The van der Waals surface area contributed by atoms with E-state index >= 15 is 0 Å². The van der Waals surface area contributed by atoms with Crippen molar-refractivity contribution in [1.29, 1.82) is 0 Å². The molecule has 26 heavy (non-hydrogen) atoms. The fraction of sp³-hybridized carbons (Fsp3) is 0.368. The minimum Gasteiger partial charge on any atom is -0.366 e. The zero-order valence-corrected chi connectivity index (χ0v) is 15.1. The van der Waals surface area contributed by atoms with Gasteiger partial charge in [0.1, 0.15) is 0 Å². The van der Waals surface area contributed by atoms with E-state index in [9.17, 15) is 4.79 Å². The molecule has 0 bridgehead atoms. The molecule has 1 aromatic carbocycles. The van der Waals surface area contributed by atoms with E-state index in [1.165, 1.54) is 47.7 Å². The summed E-state index contributed by atoms with van der Waals surface area (Å²) in [4.78, 5) is 14.8. The van der Waals surface area contributed by atoms with Crippen LogP contribution in [0.5, 0.6) is 0 Å². The molecule has 136 valence electrons. The van der Waals surface area contributed by atoms with Gasteiger partial charge in [-0.3, -0.25) is 9.48 Å². The summed E-state index contributed by atoms with van der Waals surface area (Å²) in [6.07, 6.45) is 8.80. The maximum absolute atomic E-state index is 10.4. The number of carbonyl (C=O) groups excluding carboxylic acids is 1. The minimum atomic E-state index is -0.442. The Morgan fingerprint density at radius 3 is 2.62 bits per heavy atom. The van der Waals surface area contributed by atoms with Gasteiger partial charge in [-0.05, 0) is 42.9 Å². The van der Waals surface area contributed by atoms with Crippen LogP contribution in [-0.4, -0.2) is 25.8 Å². The molecule has 4 rings (SSSR count). The number of carbonyl (C=O) groups is 1. The molecule has 1 aliphatic carbocycles. The van der Waals surface area contributed by atoms with E-state index in [2.05, 4.69) is 33.4 Å². The highest BCUT2D eigenvalue weighted by Gasteiger charge is 2.12. The summed E-state index contributed by atoms with van der Waals surface area (Å²) in [5.41, 5.74) is 9.40. The number of aromatic nitrogens is 4. The van der Waals surface area contributed by atoms with Gasteiger partial charge in [0, 0.05) is 25.2 Å². The minimum absolute atomic E-state index is 0.442. The fourth-order valence-electron chi connectivity index (χ4n) is 2.94. The first-order valence-electron chi connectivity index (χ1n) is 8.80. The van der Waals surface area contributed by atoms with E-state index in [1.807, 2.05) is 6.92 Å². The lowest BCUT2D eigenvalue weighted by atomic mass is 9.90. The van der Waals surface area contributed by atoms with Gasteiger partial charge < -0.3 is 10.3 Å². The Bertz CT molecular complexity index is 897. The average Bonchev–Trinajstić information content (AvgIpc) is 3.31. The topological polar surface area (TPSA) is 99.8 Å². The van der Waals surface area contributed by atoms with Crippen molar-refractivity contribution >= 4 is 5.91 Å². The number of amides is 1. The molecule has 0 fully saturated rings. The Kier molecular flexibility index (Phi) is 5.46. The third kappa shape index (κ3) is 4.17. The molecule has 1 amide bonds. The van der Waals surface area contributed by atoms with E-state index in [4.69, 9.17) is 10.3 Å². The van der Waals surface area contributed by atoms with Crippen LogP contribution in [0, 0.1) is 0 Å². The van der Waals surface area contributed by atoms with Gasteiger partial charge in [-0.2, -0.15) is 10.1 Å².